The Morgan fingerprint density at radius 1 is 1.38 bits per heavy atom. The maximum atomic E-state index is 10.5. The quantitative estimate of drug-likeness (QED) is 0.832. The van der Waals surface area contributed by atoms with Crippen LogP contribution >= 0.6 is 0 Å². The molecule has 0 saturated carbocycles. The van der Waals surface area contributed by atoms with Crippen LogP contribution < -0.4 is 4.74 Å². The normalized spacial score (nSPS) is 22.3. The molecule has 7 nitrogen and oxygen atoms in total. The maximum Gasteiger partial charge on any atom is 0.141 e. The van der Waals surface area contributed by atoms with Gasteiger partial charge in [-0.2, -0.15) is 0 Å². The zero-order valence-corrected chi connectivity index (χ0v) is 13.8. The third-order valence-electron chi connectivity index (χ3n) is 4.15. The Hall–Kier alpha value is -1.96. The van der Waals surface area contributed by atoms with E-state index in [1.807, 2.05) is 31.2 Å². The van der Waals surface area contributed by atoms with Crippen LogP contribution in [0, 0.1) is 0 Å². The van der Waals surface area contributed by atoms with Gasteiger partial charge in [0.05, 0.1) is 26.0 Å². The molecule has 0 spiro atoms. The number of aromatic nitrogens is 3. The molecule has 2 N–H and O–H groups in total. The molecular weight excluding hydrogens is 310 g/mol. The summed E-state index contributed by atoms with van der Waals surface area (Å²) in [5.74, 6) is 0.702. The number of benzene rings is 1. The highest BCUT2D eigenvalue weighted by atomic mass is 16.5. The zero-order chi connectivity index (χ0) is 17.0. The van der Waals surface area contributed by atoms with E-state index in [0.29, 0.717) is 37.6 Å². The van der Waals surface area contributed by atoms with Crippen LogP contribution in [0.4, 0.5) is 0 Å². The first-order valence-corrected chi connectivity index (χ1v) is 8.15. The predicted octanol–water partition coefficient (Wildman–Crippen LogP) is 1.45. The van der Waals surface area contributed by atoms with Gasteiger partial charge < -0.3 is 19.7 Å². The van der Waals surface area contributed by atoms with Gasteiger partial charge in [-0.3, -0.25) is 0 Å². The van der Waals surface area contributed by atoms with E-state index < -0.39 is 5.60 Å². The van der Waals surface area contributed by atoms with Crippen LogP contribution in [0.2, 0.25) is 0 Å². The Morgan fingerprint density at radius 3 is 2.83 bits per heavy atom. The van der Waals surface area contributed by atoms with E-state index in [9.17, 15) is 5.11 Å². The fourth-order valence-electron chi connectivity index (χ4n) is 2.78. The summed E-state index contributed by atoms with van der Waals surface area (Å²) in [5, 5.41) is 27.8. The van der Waals surface area contributed by atoms with Gasteiger partial charge in [-0.25, -0.2) is 4.68 Å². The summed E-state index contributed by atoms with van der Waals surface area (Å²) < 4.78 is 12.8. The van der Waals surface area contributed by atoms with Gasteiger partial charge in [-0.1, -0.05) is 17.3 Å². The Balaban J connectivity index is 1.61. The monoisotopic (exact) mass is 333 g/mol. The van der Waals surface area contributed by atoms with Crippen LogP contribution in [0.1, 0.15) is 37.1 Å². The summed E-state index contributed by atoms with van der Waals surface area (Å²) in [6.45, 7) is 3.29. The van der Waals surface area contributed by atoms with E-state index in [4.69, 9.17) is 14.6 Å². The summed E-state index contributed by atoms with van der Waals surface area (Å²) >= 11 is 0. The Morgan fingerprint density at radius 2 is 2.17 bits per heavy atom. The van der Waals surface area contributed by atoms with Crippen LogP contribution in [0.25, 0.3) is 0 Å². The van der Waals surface area contributed by atoms with Gasteiger partial charge in [0.15, 0.2) is 0 Å². The number of nitrogens with zero attached hydrogens (tertiary/aromatic N) is 3. The highest BCUT2D eigenvalue weighted by molar-refractivity contribution is 5.27. The number of ether oxygens (including phenoxy) is 2. The van der Waals surface area contributed by atoms with E-state index >= 15 is 0 Å². The zero-order valence-electron chi connectivity index (χ0n) is 13.8. The molecule has 130 valence electrons. The second-order valence-corrected chi connectivity index (χ2v) is 6.28. The average Bonchev–Trinajstić information content (AvgIpc) is 3.04. The molecule has 0 radical (unpaired) electrons. The fourth-order valence-corrected chi connectivity index (χ4v) is 2.78. The Labute approximate surface area is 140 Å². The number of rotatable bonds is 6. The highest BCUT2D eigenvalue weighted by Crippen LogP contribution is 2.23. The van der Waals surface area contributed by atoms with Gasteiger partial charge in [0, 0.05) is 6.61 Å². The summed E-state index contributed by atoms with van der Waals surface area (Å²) in [6.07, 6.45) is 3.07. The molecule has 0 aliphatic carbocycles. The van der Waals surface area contributed by atoms with E-state index in [-0.39, 0.29) is 12.7 Å². The molecule has 2 atom stereocenters. The molecule has 7 heteroatoms. The molecule has 1 aromatic carbocycles. The molecule has 1 fully saturated rings. The van der Waals surface area contributed by atoms with E-state index in [0.717, 1.165) is 12.0 Å². The average molecular weight is 333 g/mol. The lowest BCUT2D eigenvalue weighted by atomic mass is 9.97. The molecule has 24 heavy (non-hydrogen) atoms. The second-order valence-electron chi connectivity index (χ2n) is 6.28. The van der Waals surface area contributed by atoms with Crippen molar-refractivity contribution in [1.82, 2.24) is 15.0 Å². The van der Waals surface area contributed by atoms with Crippen molar-refractivity contribution in [3.63, 3.8) is 0 Å². The van der Waals surface area contributed by atoms with Gasteiger partial charge in [0.25, 0.3) is 0 Å². The van der Waals surface area contributed by atoms with Crippen molar-refractivity contribution < 1.29 is 19.7 Å². The van der Waals surface area contributed by atoms with Crippen LogP contribution in [0.15, 0.2) is 30.5 Å². The first-order chi connectivity index (χ1) is 11.6. The van der Waals surface area contributed by atoms with Gasteiger partial charge in [0.2, 0.25) is 0 Å². The topological polar surface area (TPSA) is 89.6 Å². The lowest BCUT2D eigenvalue weighted by molar-refractivity contribution is -0.0960. The minimum absolute atomic E-state index is 0.0107. The molecule has 2 heterocycles. The van der Waals surface area contributed by atoms with Gasteiger partial charge in [-0.15, -0.1) is 5.10 Å². The van der Waals surface area contributed by atoms with Gasteiger partial charge >= 0.3 is 0 Å². The van der Waals surface area contributed by atoms with Gasteiger partial charge in [0.1, 0.15) is 23.1 Å². The van der Waals surface area contributed by atoms with E-state index in [2.05, 4.69) is 10.3 Å². The Bertz CT molecular complexity index is 650. The molecule has 0 bridgehead atoms. The summed E-state index contributed by atoms with van der Waals surface area (Å²) in [5.41, 5.74) is 0.651. The third kappa shape index (κ3) is 4.11. The molecule has 0 amide bonds. The number of hydrogen-bond donors (Lipinski definition) is 2. The van der Waals surface area contributed by atoms with Crippen LogP contribution in [-0.4, -0.2) is 44.0 Å². The highest BCUT2D eigenvalue weighted by Gasteiger charge is 2.31. The smallest absolute Gasteiger partial charge is 0.141 e. The number of aliphatic hydroxyl groups excluding tert-OH is 1. The molecule has 1 aliphatic heterocycles. The van der Waals surface area contributed by atoms with Crippen molar-refractivity contribution in [2.24, 2.45) is 0 Å². The first kappa shape index (κ1) is 16.9. The minimum atomic E-state index is -0.882. The molecule has 1 saturated heterocycles. The van der Waals surface area contributed by atoms with Crippen LogP contribution in [0.5, 0.6) is 5.75 Å². The molecule has 1 aliphatic rings. The van der Waals surface area contributed by atoms with Crippen molar-refractivity contribution in [3.8, 4) is 5.75 Å². The summed E-state index contributed by atoms with van der Waals surface area (Å²) in [6, 6.07) is 7.26. The van der Waals surface area contributed by atoms with Crippen molar-refractivity contribution in [3.05, 3.63) is 41.7 Å². The van der Waals surface area contributed by atoms with Crippen LogP contribution in [-0.2, 0) is 17.9 Å². The SMILES string of the molecule is CC(Oc1ccc(CO)cc1)c1cn(CC2(O)CCCOC2)nn1. The second kappa shape index (κ2) is 7.29. The Kier molecular flexibility index (Phi) is 5.13. The third-order valence-corrected chi connectivity index (χ3v) is 4.15. The van der Waals surface area contributed by atoms with Crippen molar-refractivity contribution in [1.29, 1.82) is 0 Å². The predicted molar refractivity (Wildman–Crippen MR) is 86.4 cm³/mol. The first-order valence-electron chi connectivity index (χ1n) is 8.15. The lowest BCUT2D eigenvalue weighted by Gasteiger charge is -2.31. The number of aliphatic hydroxyl groups is 2. The van der Waals surface area contributed by atoms with E-state index in [1.54, 1.807) is 10.9 Å². The molecule has 1 aromatic heterocycles. The van der Waals surface area contributed by atoms with Crippen molar-refractivity contribution in [2.75, 3.05) is 13.2 Å². The summed E-state index contributed by atoms with van der Waals surface area (Å²) in [4.78, 5) is 0. The minimum Gasteiger partial charge on any atom is -0.484 e. The van der Waals surface area contributed by atoms with Crippen molar-refractivity contribution in [2.45, 2.75) is 44.6 Å². The fraction of sp³-hybridized carbons (Fsp3) is 0.529. The van der Waals surface area contributed by atoms with Crippen LogP contribution in [0.3, 0.4) is 0 Å². The number of hydrogen-bond acceptors (Lipinski definition) is 6. The molecule has 3 rings (SSSR count). The molecule has 2 unspecified atom stereocenters. The maximum absolute atomic E-state index is 10.5. The lowest BCUT2D eigenvalue weighted by Crippen LogP contribution is -2.42. The largest absolute Gasteiger partial charge is 0.484 e. The van der Waals surface area contributed by atoms with Gasteiger partial charge in [-0.05, 0) is 37.5 Å². The summed E-state index contributed by atoms with van der Waals surface area (Å²) in [7, 11) is 0. The molecular formula is C17H23N3O4. The van der Waals surface area contributed by atoms with Crippen molar-refractivity contribution >= 4 is 0 Å². The van der Waals surface area contributed by atoms with E-state index in [1.165, 1.54) is 0 Å². The molecule has 2 aromatic rings. The standard InChI is InChI=1S/C17H23N3O4/c1-13(24-15-5-3-14(10-21)4-6-15)16-9-20(19-18-16)11-17(22)7-2-8-23-12-17/h3-6,9,13,21-22H,2,7-8,10-12H2,1H3.